The first-order valence-corrected chi connectivity index (χ1v) is 7.13. The molecule has 10 nitrogen and oxygen atoms in total. The molecular formula is C16H13N3O7. The number of para-hydroxylation sites is 1. The number of nitrogens with one attached hydrogen (secondary N) is 1. The number of benzene rings is 2. The van der Waals surface area contributed by atoms with Crippen LogP contribution in [0.4, 0.5) is 5.69 Å². The van der Waals surface area contributed by atoms with E-state index in [9.17, 15) is 24.8 Å². The van der Waals surface area contributed by atoms with Crippen molar-refractivity contribution in [1.29, 1.82) is 0 Å². The number of hydrogen-bond acceptors (Lipinski definition) is 7. The minimum absolute atomic E-state index is 0.242. The number of amides is 1. The monoisotopic (exact) mass is 359 g/mol. The summed E-state index contributed by atoms with van der Waals surface area (Å²) in [5.74, 6) is -2.20. The van der Waals surface area contributed by atoms with Crippen LogP contribution >= 0.6 is 0 Å². The summed E-state index contributed by atoms with van der Waals surface area (Å²) in [5.41, 5.74) is 1.85. The first-order valence-electron chi connectivity index (χ1n) is 7.13. The smallest absolute Gasteiger partial charge is 0.341 e. The molecule has 0 heterocycles. The minimum Gasteiger partial charge on any atom is -0.507 e. The topological polar surface area (TPSA) is 151 Å². The van der Waals surface area contributed by atoms with Gasteiger partial charge in [0, 0.05) is 17.7 Å². The van der Waals surface area contributed by atoms with Crippen molar-refractivity contribution in [3.05, 3.63) is 63.7 Å². The van der Waals surface area contributed by atoms with Crippen molar-refractivity contribution in [2.75, 3.05) is 6.61 Å². The SMILES string of the molecule is O=C(O)COc1ccccc1C=NNC(=O)c1cc([N+](=O)[O-])ccc1O. The van der Waals surface area contributed by atoms with Gasteiger partial charge in [0.05, 0.1) is 16.7 Å². The van der Waals surface area contributed by atoms with Gasteiger partial charge in [0.15, 0.2) is 6.61 Å². The summed E-state index contributed by atoms with van der Waals surface area (Å²) in [4.78, 5) is 32.6. The summed E-state index contributed by atoms with van der Waals surface area (Å²) in [6, 6.07) is 9.41. The molecule has 2 aromatic rings. The maximum Gasteiger partial charge on any atom is 0.341 e. The highest BCUT2D eigenvalue weighted by molar-refractivity contribution is 5.98. The number of aliphatic carboxylic acids is 1. The van der Waals surface area contributed by atoms with Crippen LogP contribution in [0.1, 0.15) is 15.9 Å². The molecule has 0 atom stereocenters. The van der Waals surface area contributed by atoms with Gasteiger partial charge in [-0.15, -0.1) is 0 Å². The molecule has 10 heteroatoms. The van der Waals surface area contributed by atoms with Crippen LogP contribution in [0, 0.1) is 10.1 Å². The van der Waals surface area contributed by atoms with Gasteiger partial charge in [-0.25, -0.2) is 10.2 Å². The van der Waals surface area contributed by atoms with Gasteiger partial charge >= 0.3 is 5.97 Å². The zero-order valence-electron chi connectivity index (χ0n) is 13.2. The van der Waals surface area contributed by atoms with Crippen LogP contribution in [-0.2, 0) is 4.79 Å². The zero-order valence-corrected chi connectivity index (χ0v) is 13.2. The molecule has 2 rings (SSSR count). The van der Waals surface area contributed by atoms with Crippen LogP contribution in [0.3, 0.4) is 0 Å². The van der Waals surface area contributed by atoms with Gasteiger partial charge in [0.2, 0.25) is 0 Å². The number of nitro benzene ring substituents is 1. The van der Waals surface area contributed by atoms with Crippen LogP contribution in [0.25, 0.3) is 0 Å². The second-order valence-electron chi connectivity index (χ2n) is 4.88. The molecule has 0 aliphatic carbocycles. The summed E-state index contributed by atoms with van der Waals surface area (Å²) < 4.78 is 5.08. The molecule has 26 heavy (non-hydrogen) atoms. The number of nitrogens with zero attached hydrogens (tertiary/aromatic N) is 2. The molecule has 134 valence electrons. The normalized spacial score (nSPS) is 10.5. The molecule has 1 amide bonds. The van der Waals surface area contributed by atoms with E-state index >= 15 is 0 Å². The van der Waals surface area contributed by atoms with Crippen LogP contribution < -0.4 is 10.2 Å². The van der Waals surface area contributed by atoms with Gasteiger partial charge in [-0.05, 0) is 18.2 Å². The van der Waals surface area contributed by atoms with Crippen molar-refractivity contribution in [1.82, 2.24) is 5.43 Å². The lowest BCUT2D eigenvalue weighted by molar-refractivity contribution is -0.384. The fourth-order valence-electron chi connectivity index (χ4n) is 1.90. The average Bonchev–Trinajstić information content (AvgIpc) is 2.60. The summed E-state index contributed by atoms with van der Waals surface area (Å²) in [7, 11) is 0. The number of phenolic OH excluding ortho intramolecular Hbond substituents is 1. The first-order chi connectivity index (χ1) is 12.4. The molecular weight excluding hydrogens is 346 g/mol. The fraction of sp³-hybridized carbons (Fsp3) is 0.0625. The number of carbonyl (C=O) groups is 2. The molecule has 0 bridgehead atoms. The second kappa shape index (κ2) is 8.24. The number of phenols is 1. The highest BCUT2D eigenvalue weighted by atomic mass is 16.6. The van der Waals surface area contributed by atoms with Gasteiger partial charge in [-0.3, -0.25) is 14.9 Å². The van der Waals surface area contributed by atoms with E-state index in [1.54, 1.807) is 18.2 Å². The molecule has 0 spiro atoms. The molecule has 0 unspecified atom stereocenters. The Labute approximate surface area is 146 Å². The van der Waals surface area contributed by atoms with Gasteiger partial charge in [0.25, 0.3) is 11.6 Å². The standard InChI is InChI=1S/C16H13N3O7/c20-13-6-5-11(19(24)25)7-12(13)16(23)18-17-8-10-3-1-2-4-14(10)26-9-15(21)22/h1-8,20H,9H2,(H,18,23)(H,21,22). The van der Waals surface area contributed by atoms with E-state index in [4.69, 9.17) is 9.84 Å². The van der Waals surface area contributed by atoms with Crippen molar-refractivity contribution in [3.63, 3.8) is 0 Å². The van der Waals surface area contributed by atoms with Gasteiger partial charge in [0.1, 0.15) is 11.5 Å². The van der Waals surface area contributed by atoms with E-state index in [1.165, 1.54) is 12.3 Å². The van der Waals surface area contributed by atoms with Gasteiger partial charge in [-0.2, -0.15) is 5.10 Å². The molecule has 0 fully saturated rings. The van der Waals surface area contributed by atoms with Crippen molar-refractivity contribution in [2.24, 2.45) is 5.10 Å². The largest absolute Gasteiger partial charge is 0.507 e. The van der Waals surface area contributed by atoms with E-state index in [0.29, 0.717) is 5.56 Å². The number of carboxylic acid groups (broad SMARTS) is 1. The van der Waals surface area contributed by atoms with E-state index in [0.717, 1.165) is 18.2 Å². The van der Waals surface area contributed by atoms with Crippen LogP contribution in [0.2, 0.25) is 0 Å². The maximum atomic E-state index is 12.0. The minimum atomic E-state index is -1.15. The third-order valence-corrected chi connectivity index (χ3v) is 3.08. The number of non-ortho nitro benzene ring substituents is 1. The Morgan fingerprint density at radius 3 is 2.69 bits per heavy atom. The van der Waals surface area contributed by atoms with E-state index in [-0.39, 0.29) is 17.0 Å². The highest BCUT2D eigenvalue weighted by Gasteiger charge is 2.16. The number of rotatable bonds is 7. The van der Waals surface area contributed by atoms with Crippen molar-refractivity contribution in [3.8, 4) is 11.5 Å². The first kappa shape index (κ1) is 18.4. The summed E-state index contributed by atoms with van der Waals surface area (Å²) in [6.07, 6.45) is 1.21. The number of carboxylic acids is 1. The Hall–Kier alpha value is -3.95. The molecule has 0 aliphatic rings. The van der Waals surface area contributed by atoms with Gasteiger partial charge in [-0.1, -0.05) is 12.1 Å². The Morgan fingerprint density at radius 1 is 1.27 bits per heavy atom. The summed E-state index contributed by atoms with van der Waals surface area (Å²) >= 11 is 0. The van der Waals surface area contributed by atoms with Crippen LogP contribution in [-0.4, -0.2) is 39.8 Å². The van der Waals surface area contributed by atoms with Crippen LogP contribution in [0.15, 0.2) is 47.6 Å². The second-order valence-corrected chi connectivity index (χ2v) is 4.88. The molecule has 0 radical (unpaired) electrons. The Morgan fingerprint density at radius 2 is 2.00 bits per heavy atom. The number of hydrogen-bond donors (Lipinski definition) is 3. The molecule has 0 aliphatic heterocycles. The van der Waals surface area contributed by atoms with E-state index < -0.39 is 29.2 Å². The Bertz CT molecular complexity index is 880. The predicted molar refractivity (Wildman–Crippen MR) is 89.4 cm³/mol. The summed E-state index contributed by atoms with van der Waals surface area (Å²) in [5, 5.41) is 32.7. The lowest BCUT2D eigenvalue weighted by atomic mass is 10.1. The van der Waals surface area contributed by atoms with Gasteiger partial charge < -0.3 is 14.9 Å². The third kappa shape index (κ3) is 4.77. The molecule has 0 saturated carbocycles. The predicted octanol–water partition coefficient (Wildman–Crippen LogP) is 1.53. The number of aromatic hydroxyl groups is 1. The Balaban J connectivity index is 2.11. The van der Waals surface area contributed by atoms with Crippen molar-refractivity contribution in [2.45, 2.75) is 0 Å². The molecule has 0 aromatic heterocycles. The van der Waals surface area contributed by atoms with Crippen LogP contribution in [0.5, 0.6) is 11.5 Å². The third-order valence-electron chi connectivity index (χ3n) is 3.08. The van der Waals surface area contributed by atoms with E-state index in [2.05, 4.69) is 10.5 Å². The lowest BCUT2D eigenvalue weighted by Gasteiger charge is -2.06. The number of hydrazone groups is 1. The number of carbonyl (C=O) groups excluding carboxylic acids is 1. The zero-order chi connectivity index (χ0) is 19.1. The molecule has 2 aromatic carbocycles. The quantitative estimate of drug-likeness (QED) is 0.385. The highest BCUT2D eigenvalue weighted by Crippen LogP contribution is 2.22. The lowest BCUT2D eigenvalue weighted by Crippen LogP contribution is -2.18. The summed E-state index contributed by atoms with van der Waals surface area (Å²) in [6.45, 7) is -0.543. The Kier molecular flexibility index (Phi) is 5.83. The average molecular weight is 359 g/mol. The fourth-order valence-corrected chi connectivity index (χ4v) is 1.90. The number of ether oxygens (including phenoxy) is 1. The molecule has 3 N–H and O–H groups in total. The molecule has 0 saturated heterocycles. The van der Waals surface area contributed by atoms with E-state index in [1.807, 2.05) is 0 Å². The van der Waals surface area contributed by atoms with Crippen molar-refractivity contribution >= 4 is 23.8 Å². The van der Waals surface area contributed by atoms with Crippen molar-refractivity contribution < 1.29 is 29.5 Å². The number of nitro groups is 1. The maximum absolute atomic E-state index is 12.0.